The van der Waals surface area contributed by atoms with E-state index in [0.717, 1.165) is 116 Å². The number of quaternary nitrogens is 1. The molecule has 0 aliphatic heterocycles. The molecule has 87 heavy (non-hydrogen) atoms. The van der Waals surface area contributed by atoms with Gasteiger partial charge >= 0.3 is 17.9 Å². The molecule has 0 aromatic rings. The number of esters is 2. The second kappa shape index (κ2) is 67.4. The number of aliphatic carboxylic acids is 1. The largest absolute Gasteiger partial charge is 0.477 e. The Hall–Kier alpha value is -4.57. The van der Waals surface area contributed by atoms with Crippen molar-refractivity contribution in [2.75, 3.05) is 47.5 Å². The van der Waals surface area contributed by atoms with Crippen LogP contribution in [-0.4, -0.2) is 87.4 Å². The molecule has 496 valence electrons. The Morgan fingerprint density at radius 1 is 0.345 bits per heavy atom. The summed E-state index contributed by atoms with van der Waals surface area (Å²) in [6.07, 6.45) is 94.2. The van der Waals surface area contributed by atoms with Gasteiger partial charge in [0.1, 0.15) is 13.2 Å². The fourth-order valence-corrected chi connectivity index (χ4v) is 9.58. The molecule has 2 unspecified atom stereocenters. The number of nitrogens with zero attached hydrogens (tertiary/aromatic N) is 1. The van der Waals surface area contributed by atoms with Crippen LogP contribution < -0.4 is 0 Å². The number of allylic oxidation sites excluding steroid dienone is 22. The fourth-order valence-electron chi connectivity index (χ4n) is 9.58. The molecule has 0 radical (unpaired) electrons. The molecular formula is C78H132NO8+. The lowest BCUT2D eigenvalue weighted by Crippen LogP contribution is -2.40. The van der Waals surface area contributed by atoms with Crippen molar-refractivity contribution >= 4 is 17.9 Å². The van der Waals surface area contributed by atoms with Crippen molar-refractivity contribution in [2.24, 2.45) is 0 Å². The van der Waals surface area contributed by atoms with E-state index in [-0.39, 0.29) is 32.2 Å². The van der Waals surface area contributed by atoms with Crippen LogP contribution in [0.3, 0.4) is 0 Å². The van der Waals surface area contributed by atoms with Gasteiger partial charge in [-0.3, -0.25) is 9.59 Å². The predicted octanol–water partition coefficient (Wildman–Crippen LogP) is 22.1. The second-order valence-corrected chi connectivity index (χ2v) is 24.4. The predicted molar refractivity (Wildman–Crippen MR) is 373 cm³/mol. The van der Waals surface area contributed by atoms with Crippen molar-refractivity contribution in [3.8, 4) is 0 Å². The Morgan fingerprint density at radius 2 is 0.621 bits per heavy atom. The van der Waals surface area contributed by atoms with Gasteiger partial charge in [0.15, 0.2) is 6.10 Å². The summed E-state index contributed by atoms with van der Waals surface area (Å²) in [5.74, 6) is -2.02. The minimum atomic E-state index is -1.52. The van der Waals surface area contributed by atoms with Crippen LogP contribution in [0.5, 0.6) is 0 Å². The lowest BCUT2D eigenvalue weighted by molar-refractivity contribution is -0.870. The first kappa shape index (κ1) is 82.4. The zero-order valence-corrected chi connectivity index (χ0v) is 56.6. The number of ether oxygens (including phenoxy) is 4. The molecule has 0 aromatic carbocycles. The van der Waals surface area contributed by atoms with Crippen LogP contribution in [0.2, 0.25) is 0 Å². The first-order chi connectivity index (χ1) is 42.6. The number of carboxylic acid groups (broad SMARTS) is 1. The zero-order valence-electron chi connectivity index (χ0n) is 56.6. The van der Waals surface area contributed by atoms with Crippen molar-refractivity contribution < 1.29 is 42.9 Å². The van der Waals surface area contributed by atoms with Crippen molar-refractivity contribution in [3.05, 3.63) is 134 Å². The lowest BCUT2D eigenvalue weighted by Gasteiger charge is -2.25. The van der Waals surface area contributed by atoms with Gasteiger partial charge in [0.25, 0.3) is 6.29 Å². The van der Waals surface area contributed by atoms with E-state index in [9.17, 15) is 19.5 Å². The van der Waals surface area contributed by atoms with Crippen LogP contribution in [0.25, 0.3) is 0 Å². The van der Waals surface area contributed by atoms with Gasteiger partial charge in [-0.1, -0.05) is 295 Å². The number of carbonyl (C=O) groups is 3. The highest BCUT2D eigenvalue weighted by atomic mass is 16.7. The number of carbonyl (C=O) groups excluding carboxylic acids is 2. The van der Waals surface area contributed by atoms with Gasteiger partial charge in [-0.2, -0.15) is 0 Å². The van der Waals surface area contributed by atoms with Crippen LogP contribution in [-0.2, 0) is 33.3 Å². The molecule has 0 bridgehead atoms. The van der Waals surface area contributed by atoms with Crippen LogP contribution in [0.4, 0.5) is 0 Å². The molecule has 2 atom stereocenters. The quantitative estimate of drug-likeness (QED) is 0.0211. The normalized spacial score (nSPS) is 13.5. The van der Waals surface area contributed by atoms with Crippen molar-refractivity contribution in [1.29, 1.82) is 0 Å². The maximum Gasteiger partial charge on any atom is 0.361 e. The summed E-state index contributed by atoms with van der Waals surface area (Å²) >= 11 is 0. The van der Waals surface area contributed by atoms with Crippen molar-refractivity contribution in [3.63, 3.8) is 0 Å². The average molecular weight is 1210 g/mol. The van der Waals surface area contributed by atoms with Crippen LogP contribution in [0.15, 0.2) is 134 Å². The molecule has 1 N–H and O–H groups in total. The highest BCUT2D eigenvalue weighted by Gasteiger charge is 2.25. The molecule has 9 nitrogen and oxygen atoms in total. The Balaban J connectivity index is 4.14. The summed E-state index contributed by atoms with van der Waals surface area (Å²) in [4.78, 5) is 37.6. The maximum absolute atomic E-state index is 12.9. The highest BCUT2D eigenvalue weighted by Crippen LogP contribution is 2.17. The third-order valence-corrected chi connectivity index (χ3v) is 14.9. The molecule has 0 saturated carbocycles. The molecule has 0 spiro atoms. The van der Waals surface area contributed by atoms with E-state index >= 15 is 0 Å². The lowest BCUT2D eigenvalue weighted by atomic mass is 10.0. The smallest absolute Gasteiger partial charge is 0.361 e. The molecule has 0 aliphatic rings. The number of hydrogen-bond acceptors (Lipinski definition) is 7. The molecule has 0 rings (SSSR count). The van der Waals surface area contributed by atoms with E-state index < -0.39 is 24.3 Å². The monoisotopic (exact) mass is 1210 g/mol. The maximum atomic E-state index is 12.9. The molecule has 0 aromatic heterocycles. The van der Waals surface area contributed by atoms with E-state index in [1.165, 1.54) is 135 Å². The van der Waals surface area contributed by atoms with Gasteiger partial charge in [-0.05, 0) is 109 Å². The molecule has 0 heterocycles. The first-order valence-corrected chi connectivity index (χ1v) is 35.3. The third-order valence-electron chi connectivity index (χ3n) is 14.9. The van der Waals surface area contributed by atoms with Gasteiger partial charge in [-0.25, -0.2) is 4.79 Å². The van der Waals surface area contributed by atoms with Gasteiger partial charge in [0.2, 0.25) is 0 Å². The van der Waals surface area contributed by atoms with E-state index in [4.69, 9.17) is 18.9 Å². The summed E-state index contributed by atoms with van der Waals surface area (Å²) < 4.78 is 23.0. The second-order valence-electron chi connectivity index (χ2n) is 24.4. The highest BCUT2D eigenvalue weighted by molar-refractivity contribution is 5.71. The van der Waals surface area contributed by atoms with Crippen molar-refractivity contribution in [2.45, 2.75) is 296 Å². The zero-order chi connectivity index (χ0) is 63.3. The van der Waals surface area contributed by atoms with Gasteiger partial charge in [0, 0.05) is 12.8 Å². The Kier molecular flexibility index (Phi) is 63.8. The van der Waals surface area contributed by atoms with Gasteiger partial charge < -0.3 is 28.5 Å². The average Bonchev–Trinajstić information content (AvgIpc) is 3.57. The number of unbranched alkanes of at least 4 members (excludes halogenated alkanes) is 27. The molecule has 0 aliphatic carbocycles. The van der Waals surface area contributed by atoms with E-state index in [1.807, 2.05) is 21.1 Å². The molecule has 0 amide bonds. The van der Waals surface area contributed by atoms with Gasteiger partial charge in [-0.15, -0.1) is 0 Å². The van der Waals surface area contributed by atoms with Crippen LogP contribution >= 0.6 is 0 Å². The SMILES string of the molecule is CC/C=C\C/C=C\C/C=C\C/C=C\C/C=C\C/C=C\C/C=C\CCCCCCCCCC(=O)OC(COC(=O)CCCCCCCCCCCCCCCCCCCCCC/C=C\C/C=C\C/C=C\C/C=C\CC)COC(OCC[N+](C)(C)C)C(=O)O. The number of rotatable bonds is 64. The van der Waals surface area contributed by atoms with Crippen molar-refractivity contribution in [1.82, 2.24) is 0 Å². The van der Waals surface area contributed by atoms with E-state index in [1.54, 1.807) is 0 Å². The summed E-state index contributed by atoms with van der Waals surface area (Å²) in [7, 11) is 5.97. The fraction of sp³-hybridized carbons (Fsp3) is 0.679. The minimum absolute atomic E-state index is 0.180. The van der Waals surface area contributed by atoms with E-state index in [0.29, 0.717) is 23.9 Å². The standard InChI is InChI=1S/C78H131NO8/c1-6-8-10-12-14-16-18-20-22-24-26-28-30-32-34-36-37-38-39-41-42-44-46-48-50-52-54-56-58-60-62-64-66-68-75(80)85-72-74(73-86-78(77(82)83)84-71-70-79(3,4)5)87-76(81)69-67-65-63-61-59-57-55-53-51-49-47-45-43-40-35-33-31-29-27-25-23-21-19-17-15-13-11-9-7-2/h8-11,14-17,20-23,26-29,33,35,43,45,49,51,74,78H,6-7,12-13,18-19,24-25,30-32,34,36-42,44,46-48,50,52-73H2,1-5H3/p+1/b10-8-,11-9-,16-14-,17-15-,22-20-,23-21-,28-26-,29-27-,35-33-,45-43-,51-49-. The Bertz CT molecular complexity index is 1890. The van der Waals surface area contributed by atoms with Crippen LogP contribution in [0.1, 0.15) is 284 Å². The molecular weight excluding hydrogens is 1080 g/mol. The third kappa shape index (κ3) is 68.8. The minimum Gasteiger partial charge on any atom is -0.477 e. The number of likely N-dealkylation sites (N-methyl/N-ethyl adjacent to an activating group) is 1. The Labute approximate surface area is 535 Å². The Morgan fingerprint density at radius 3 is 0.920 bits per heavy atom. The molecule has 9 heteroatoms. The van der Waals surface area contributed by atoms with E-state index in [2.05, 4.69) is 148 Å². The molecule has 0 fully saturated rings. The summed E-state index contributed by atoms with van der Waals surface area (Å²) in [6.45, 7) is 4.65. The summed E-state index contributed by atoms with van der Waals surface area (Å²) in [5, 5.41) is 9.75. The summed E-state index contributed by atoms with van der Waals surface area (Å²) in [6, 6.07) is 0. The van der Waals surface area contributed by atoms with Gasteiger partial charge in [0.05, 0.1) is 34.4 Å². The topological polar surface area (TPSA) is 108 Å². The van der Waals surface area contributed by atoms with Crippen LogP contribution in [0, 0.1) is 0 Å². The first-order valence-electron chi connectivity index (χ1n) is 35.3. The molecule has 0 saturated heterocycles. The summed E-state index contributed by atoms with van der Waals surface area (Å²) in [5.41, 5.74) is 0. The number of carboxylic acids is 1. The number of hydrogen-bond donors (Lipinski definition) is 1.